The Bertz CT molecular complexity index is 498. The molecule has 0 aliphatic heterocycles. The Morgan fingerprint density at radius 1 is 1.58 bits per heavy atom. The summed E-state index contributed by atoms with van der Waals surface area (Å²) in [5.74, 6) is 0.104. The number of halogens is 1. The van der Waals surface area contributed by atoms with Gasteiger partial charge >= 0.3 is 0 Å². The number of carbonyl (C=O) groups excluding carboxylic acids is 1. The number of hydrogen-bond acceptors (Lipinski definition) is 3. The van der Waals surface area contributed by atoms with Crippen molar-refractivity contribution in [3.05, 3.63) is 29.3 Å². The largest absolute Gasteiger partial charge is 0.479 e. The van der Waals surface area contributed by atoms with Crippen molar-refractivity contribution in [1.82, 2.24) is 5.32 Å². The van der Waals surface area contributed by atoms with E-state index >= 15 is 0 Å². The molecule has 0 bridgehead atoms. The average Bonchev–Trinajstić information content (AvgIpc) is 2.41. The van der Waals surface area contributed by atoms with Crippen LogP contribution < -0.4 is 10.1 Å². The van der Waals surface area contributed by atoms with E-state index in [1.165, 1.54) is 0 Å². The Morgan fingerprint density at radius 3 is 2.74 bits per heavy atom. The molecule has 1 aromatic carbocycles. The molecule has 0 aliphatic carbocycles. The van der Waals surface area contributed by atoms with Crippen molar-refractivity contribution >= 4 is 17.5 Å². The van der Waals surface area contributed by atoms with Crippen LogP contribution in [0.2, 0.25) is 5.02 Å². The van der Waals surface area contributed by atoms with Gasteiger partial charge in [0.05, 0.1) is 11.1 Å². The average molecular weight is 281 g/mol. The van der Waals surface area contributed by atoms with E-state index in [2.05, 4.69) is 11.4 Å². The summed E-state index contributed by atoms with van der Waals surface area (Å²) in [4.78, 5) is 12.0. The molecule has 0 radical (unpaired) electrons. The maximum Gasteiger partial charge on any atom is 0.262 e. The first kappa shape index (κ1) is 15.3. The zero-order valence-corrected chi connectivity index (χ0v) is 12.0. The zero-order valence-electron chi connectivity index (χ0n) is 11.2. The quantitative estimate of drug-likeness (QED) is 0.902. The summed E-state index contributed by atoms with van der Waals surface area (Å²) in [5, 5.41) is 12.1. The van der Waals surface area contributed by atoms with E-state index < -0.39 is 11.6 Å². The smallest absolute Gasteiger partial charge is 0.262 e. The zero-order chi connectivity index (χ0) is 14.5. The molecule has 102 valence electrons. The number of benzene rings is 1. The molecule has 1 amide bonds. The molecule has 1 aromatic rings. The molecule has 0 aromatic heterocycles. The van der Waals surface area contributed by atoms with Crippen LogP contribution >= 0.6 is 11.6 Å². The molecular weight excluding hydrogens is 264 g/mol. The van der Waals surface area contributed by atoms with Crippen molar-refractivity contribution in [2.45, 2.75) is 38.8 Å². The van der Waals surface area contributed by atoms with E-state index in [-0.39, 0.29) is 5.91 Å². The van der Waals surface area contributed by atoms with Gasteiger partial charge in [-0.2, -0.15) is 5.26 Å². The molecule has 0 unspecified atom stereocenters. The first-order valence-corrected chi connectivity index (χ1v) is 6.44. The van der Waals surface area contributed by atoms with Gasteiger partial charge in [0.2, 0.25) is 0 Å². The lowest BCUT2D eigenvalue weighted by Crippen LogP contribution is -2.49. The third-order valence-corrected chi connectivity index (χ3v) is 3.17. The summed E-state index contributed by atoms with van der Waals surface area (Å²) in [6.07, 6.45) is -0.201. The van der Waals surface area contributed by atoms with E-state index in [9.17, 15) is 4.79 Å². The fraction of sp³-hybridized carbons (Fsp3) is 0.429. The number of amides is 1. The normalized spacial score (nSPS) is 14.9. The van der Waals surface area contributed by atoms with Crippen molar-refractivity contribution < 1.29 is 9.53 Å². The summed E-state index contributed by atoms with van der Waals surface area (Å²) in [5.41, 5.74) is -0.880. The van der Waals surface area contributed by atoms with Crippen molar-refractivity contribution in [3.8, 4) is 11.8 Å². The van der Waals surface area contributed by atoms with Crippen LogP contribution in [0.5, 0.6) is 5.75 Å². The highest BCUT2D eigenvalue weighted by molar-refractivity contribution is 6.32. The summed E-state index contributed by atoms with van der Waals surface area (Å²) >= 11 is 5.95. The van der Waals surface area contributed by atoms with Gasteiger partial charge in [0.1, 0.15) is 11.3 Å². The minimum Gasteiger partial charge on any atom is -0.479 e. The van der Waals surface area contributed by atoms with Gasteiger partial charge in [-0.25, -0.2) is 0 Å². The Morgan fingerprint density at radius 2 is 2.21 bits per heavy atom. The van der Waals surface area contributed by atoms with E-state index in [1.807, 2.05) is 6.92 Å². The van der Waals surface area contributed by atoms with E-state index in [0.29, 0.717) is 17.2 Å². The maximum absolute atomic E-state index is 12.0. The van der Waals surface area contributed by atoms with Gasteiger partial charge in [0.15, 0.2) is 6.10 Å². The molecule has 0 aliphatic rings. The van der Waals surface area contributed by atoms with Crippen LogP contribution in [0.1, 0.15) is 27.2 Å². The van der Waals surface area contributed by atoms with Crippen LogP contribution in [0.15, 0.2) is 24.3 Å². The van der Waals surface area contributed by atoms with Crippen LogP contribution in [0.3, 0.4) is 0 Å². The second kappa shape index (κ2) is 6.44. The number of hydrogen-bond donors (Lipinski definition) is 1. The maximum atomic E-state index is 12.0. The van der Waals surface area contributed by atoms with Gasteiger partial charge in [-0.1, -0.05) is 30.7 Å². The van der Waals surface area contributed by atoms with Gasteiger partial charge in [0, 0.05) is 0 Å². The summed E-state index contributed by atoms with van der Waals surface area (Å²) < 4.78 is 5.49. The van der Waals surface area contributed by atoms with Crippen LogP contribution in [0, 0.1) is 11.3 Å². The predicted molar refractivity (Wildman–Crippen MR) is 74.0 cm³/mol. The van der Waals surface area contributed by atoms with Crippen LogP contribution in [0.4, 0.5) is 0 Å². The topological polar surface area (TPSA) is 62.1 Å². The van der Waals surface area contributed by atoms with Crippen molar-refractivity contribution in [3.63, 3.8) is 0 Å². The van der Waals surface area contributed by atoms with Gasteiger partial charge in [-0.3, -0.25) is 4.79 Å². The Hall–Kier alpha value is -1.73. The fourth-order valence-electron chi connectivity index (χ4n) is 1.35. The summed E-state index contributed by atoms with van der Waals surface area (Å²) in [6, 6.07) is 9.01. The molecule has 4 nitrogen and oxygen atoms in total. The second-order valence-electron chi connectivity index (χ2n) is 4.48. The molecule has 19 heavy (non-hydrogen) atoms. The first-order valence-electron chi connectivity index (χ1n) is 6.06. The minimum absolute atomic E-state index is 0.342. The molecule has 2 atom stereocenters. The molecule has 0 heterocycles. The third-order valence-electron chi connectivity index (χ3n) is 2.86. The van der Waals surface area contributed by atoms with Crippen molar-refractivity contribution in [2.24, 2.45) is 0 Å². The molecule has 1 N–H and O–H groups in total. The summed E-state index contributed by atoms with van der Waals surface area (Å²) in [7, 11) is 0. The third kappa shape index (κ3) is 4.15. The second-order valence-corrected chi connectivity index (χ2v) is 4.88. The highest BCUT2D eigenvalue weighted by atomic mass is 35.5. The summed E-state index contributed by atoms with van der Waals surface area (Å²) in [6.45, 7) is 5.13. The first-order chi connectivity index (χ1) is 8.91. The predicted octanol–water partition coefficient (Wildman–Crippen LogP) is 2.92. The number of nitriles is 1. The van der Waals surface area contributed by atoms with Gasteiger partial charge in [0.25, 0.3) is 5.91 Å². The lowest BCUT2D eigenvalue weighted by Gasteiger charge is -2.24. The fourth-order valence-corrected chi connectivity index (χ4v) is 1.53. The highest BCUT2D eigenvalue weighted by Gasteiger charge is 2.27. The van der Waals surface area contributed by atoms with Crippen LogP contribution in [-0.4, -0.2) is 17.6 Å². The Balaban J connectivity index is 2.69. The highest BCUT2D eigenvalue weighted by Crippen LogP contribution is 2.24. The van der Waals surface area contributed by atoms with Crippen LogP contribution in [-0.2, 0) is 4.79 Å². The van der Waals surface area contributed by atoms with Crippen molar-refractivity contribution in [2.75, 3.05) is 0 Å². The Labute approximate surface area is 118 Å². The van der Waals surface area contributed by atoms with Gasteiger partial charge in [-0.15, -0.1) is 0 Å². The lowest BCUT2D eigenvalue weighted by molar-refractivity contribution is -0.128. The molecule has 5 heteroatoms. The number of rotatable bonds is 5. The van der Waals surface area contributed by atoms with Gasteiger partial charge in [-0.05, 0) is 32.4 Å². The standard InChI is InChI=1S/C14H17ClN2O2/c1-4-14(3,9-16)17-13(18)10(2)19-12-8-6-5-7-11(12)15/h5-8,10H,4H2,1-3H3,(H,17,18)/t10-,14-/m1/s1. The number of nitrogens with one attached hydrogen (secondary N) is 1. The monoisotopic (exact) mass is 280 g/mol. The number of para-hydroxylation sites is 1. The minimum atomic E-state index is -0.880. The SMILES string of the molecule is CC[C@](C)(C#N)NC(=O)[C@@H](C)Oc1ccccc1Cl. The molecular formula is C14H17ClN2O2. The van der Waals surface area contributed by atoms with Crippen LogP contribution in [0.25, 0.3) is 0 Å². The Kier molecular flexibility index (Phi) is 5.20. The molecule has 0 fully saturated rings. The van der Waals surface area contributed by atoms with E-state index in [0.717, 1.165) is 0 Å². The van der Waals surface area contributed by atoms with E-state index in [4.69, 9.17) is 21.6 Å². The molecule has 0 saturated carbocycles. The van der Waals surface area contributed by atoms with E-state index in [1.54, 1.807) is 38.1 Å². The lowest BCUT2D eigenvalue weighted by atomic mass is 10.0. The van der Waals surface area contributed by atoms with Gasteiger partial charge < -0.3 is 10.1 Å². The number of ether oxygens (including phenoxy) is 1. The van der Waals surface area contributed by atoms with Crippen molar-refractivity contribution in [1.29, 1.82) is 5.26 Å². The molecule has 0 saturated heterocycles. The number of nitrogens with zero attached hydrogens (tertiary/aromatic N) is 1. The number of carbonyl (C=O) groups is 1. The molecule has 0 spiro atoms. The molecule has 1 rings (SSSR count).